The van der Waals surface area contributed by atoms with E-state index in [0.29, 0.717) is 0 Å². The van der Waals surface area contributed by atoms with E-state index < -0.39 is 0 Å². The van der Waals surface area contributed by atoms with Crippen LogP contribution in [0.3, 0.4) is 0 Å². The van der Waals surface area contributed by atoms with Gasteiger partial charge in [0.25, 0.3) is 0 Å². The Morgan fingerprint density at radius 2 is 1.33 bits per heavy atom. The molecule has 1 N–H and O–H groups in total. The van der Waals surface area contributed by atoms with Crippen molar-refractivity contribution >= 4 is 11.8 Å². The Kier molecular flexibility index (Phi) is 4.59. The molecule has 2 aromatic rings. The lowest BCUT2D eigenvalue weighted by Crippen LogP contribution is -1.96. The van der Waals surface area contributed by atoms with E-state index in [2.05, 4.69) is 69.2 Å². The Morgan fingerprint density at radius 3 is 1.71 bits per heavy atom. The minimum absolute atomic E-state index is 1.07. The molecule has 2 aromatic carbocycles. The molecule has 0 radical (unpaired) electrons. The van der Waals surface area contributed by atoms with Crippen LogP contribution in [0.5, 0.6) is 0 Å². The first-order valence-electron chi connectivity index (χ1n) is 7.06. The molecule has 0 spiro atoms. The number of allylic oxidation sites excluding steroid dienone is 1. The second-order valence-electron chi connectivity index (χ2n) is 5.48. The maximum atomic E-state index is 8.76. The summed E-state index contributed by atoms with van der Waals surface area (Å²) in [6, 6.07) is 12.8. The fourth-order valence-electron chi connectivity index (χ4n) is 2.66. The predicted octanol–water partition coefficient (Wildman–Crippen LogP) is 4.81. The number of aryl methyl sites for hydroxylation is 4. The van der Waals surface area contributed by atoms with Crippen LogP contribution < -0.4 is 0 Å². The highest BCUT2D eigenvalue weighted by Crippen LogP contribution is 2.29. The second-order valence-corrected chi connectivity index (χ2v) is 5.48. The predicted molar refractivity (Wildman–Crippen MR) is 89.2 cm³/mol. The Morgan fingerprint density at radius 1 is 0.857 bits per heavy atom. The van der Waals surface area contributed by atoms with Crippen LogP contribution in [0.4, 0.5) is 0 Å². The van der Waals surface area contributed by atoms with E-state index in [-0.39, 0.29) is 0 Å². The minimum atomic E-state index is 1.07. The topological polar surface area (TPSA) is 32.6 Å². The Bertz CT molecular complexity index is 658. The SMILES string of the molecule is Cc1ccc(C(=C/C=N/O)c2ccc(C)cc2C)c(C)c1. The monoisotopic (exact) mass is 279 g/mol. The summed E-state index contributed by atoms with van der Waals surface area (Å²) in [5.74, 6) is 0. The maximum Gasteiger partial charge on any atom is 0.0667 e. The summed E-state index contributed by atoms with van der Waals surface area (Å²) in [6.45, 7) is 8.39. The summed E-state index contributed by atoms with van der Waals surface area (Å²) < 4.78 is 0. The van der Waals surface area contributed by atoms with Gasteiger partial charge < -0.3 is 5.21 Å². The van der Waals surface area contributed by atoms with E-state index in [0.717, 1.165) is 16.7 Å². The van der Waals surface area contributed by atoms with Crippen LogP contribution in [0.1, 0.15) is 33.4 Å². The van der Waals surface area contributed by atoms with Crippen LogP contribution >= 0.6 is 0 Å². The minimum Gasteiger partial charge on any atom is -0.411 e. The first kappa shape index (κ1) is 15.0. The molecule has 2 nitrogen and oxygen atoms in total. The molecule has 0 amide bonds. The van der Waals surface area contributed by atoms with Gasteiger partial charge in [-0.05, 0) is 61.6 Å². The first-order chi connectivity index (χ1) is 10.0. The smallest absolute Gasteiger partial charge is 0.0667 e. The van der Waals surface area contributed by atoms with E-state index >= 15 is 0 Å². The van der Waals surface area contributed by atoms with Crippen molar-refractivity contribution in [2.75, 3.05) is 0 Å². The number of oxime groups is 1. The molecule has 0 unspecified atom stereocenters. The average molecular weight is 279 g/mol. The zero-order valence-corrected chi connectivity index (χ0v) is 13.0. The summed E-state index contributed by atoms with van der Waals surface area (Å²) in [6.07, 6.45) is 3.28. The molecule has 0 aliphatic heterocycles. The van der Waals surface area contributed by atoms with Crippen LogP contribution in [0, 0.1) is 27.7 Å². The van der Waals surface area contributed by atoms with Crippen LogP contribution in [0.15, 0.2) is 47.6 Å². The summed E-state index contributed by atoms with van der Waals surface area (Å²) in [4.78, 5) is 0. The Labute approximate surface area is 126 Å². The van der Waals surface area contributed by atoms with Crippen molar-refractivity contribution in [3.05, 3.63) is 75.9 Å². The molecular formula is C19H21NO. The molecule has 0 atom stereocenters. The maximum absolute atomic E-state index is 8.76. The van der Waals surface area contributed by atoms with E-state index in [9.17, 15) is 0 Å². The average Bonchev–Trinajstić information content (AvgIpc) is 2.42. The molecule has 0 saturated heterocycles. The Balaban J connectivity index is 2.64. The molecule has 108 valence electrons. The largest absolute Gasteiger partial charge is 0.411 e. The van der Waals surface area contributed by atoms with Crippen molar-refractivity contribution in [1.29, 1.82) is 0 Å². The summed E-state index contributed by atoms with van der Waals surface area (Å²) >= 11 is 0. The van der Waals surface area contributed by atoms with Crippen molar-refractivity contribution in [1.82, 2.24) is 0 Å². The molecule has 0 aliphatic carbocycles. The molecule has 0 aromatic heterocycles. The summed E-state index contributed by atoms with van der Waals surface area (Å²) in [7, 11) is 0. The number of hydrogen-bond donors (Lipinski definition) is 1. The lowest BCUT2D eigenvalue weighted by molar-refractivity contribution is 0.322. The third-order valence-electron chi connectivity index (χ3n) is 3.65. The Hall–Kier alpha value is -2.35. The van der Waals surface area contributed by atoms with Gasteiger partial charge in [0.15, 0.2) is 0 Å². The molecule has 0 aliphatic rings. The van der Waals surface area contributed by atoms with Gasteiger partial charge >= 0.3 is 0 Å². The van der Waals surface area contributed by atoms with E-state index in [4.69, 9.17) is 5.21 Å². The van der Waals surface area contributed by atoms with Crippen molar-refractivity contribution in [2.24, 2.45) is 5.16 Å². The molecule has 21 heavy (non-hydrogen) atoms. The van der Waals surface area contributed by atoms with Gasteiger partial charge in [0.1, 0.15) is 0 Å². The fraction of sp³-hybridized carbons (Fsp3) is 0.211. The summed E-state index contributed by atoms with van der Waals surface area (Å²) in [5.41, 5.74) is 8.31. The highest BCUT2D eigenvalue weighted by molar-refractivity contribution is 5.92. The zero-order valence-electron chi connectivity index (χ0n) is 13.0. The standard InChI is InChI=1S/C19H21NO/c1-13-5-7-17(15(3)11-13)19(9-10-20-21)18-8-6-14(2)12-16(18)4/h5-12,21H,1-4H3/b20-10+. The molecule has 2 rings (SSSR count). The van der Waals surface area contributed by atoms with Crippen LogP contribution in [-0.4, -0.2) is 11.4 Å². The van der Waals surface area contributed by atoms with Gasteiger partial charge in [-0.2, -0.15) is 0 Å². The molecular weight excluding hydrogens is 258 g/mol. The highest BCUT2D eigenvalue weighted by atomic mass is 16.4. The van der Waals surface area contributed by atoms with Crippen molar-refractivity contribution < 1.29 is 5.21 Å². The van der Waals surface area contributed by atoms with Crippen molar-refractivity contribution in [2.45, 2.75) is 27.7 Å². The lowest BCUT2D eigenvalue weighted by Gasteiger charge is -2.14. The van der Waals surface area contributed by atoms with Gasteiger partial charge in [0, 0.05) is 0 Å². The molecule has 0 heterocycles. The van der Waals surface area contributed by atoms with Crippen LogP contribution in [0.2, 0.25) is 0 Å². The van der Waals surface area contributed by atoms with Gasteiger partial charge in [-0.25, -0.2) is 0 Å². The normalized spacial score (nSPS) is 10.9. The third kappa shape index (κ3) is 3.40. The summed E-state index contributed by atoms with van der Waals surface area (Å²) in [5, 5.41) is 11.9. The van der Waals surface area contributed by atoms with Crippen LogP contribution in [0.25, 0.3) is 5.57 Å². The van der Waals surface area contributed by atoms with Gasteiger partial charge in [-0.15, -0.1) is 0 Å². The van der Waals surface area contributed by atoms with Crippen LogP contribution in [-0.2, 0) is 0 Å². The zero-order chi connectivity index (χ0) is 15.4. The van der Waals surface area contributed by atoms with Gasteiger partial charge in [-0.1, -0.05) is 52.7 Å². The molecule has 0 fully saturated rings. The van der Waals surface area contributed by atoms with E-state index in [1.165, 1.54) is 28.5 Å². The lowest BCUT2D eigenvalue weighted by atomic mass is 9.90. The van der Waals surface area contributed by atoms with Gasteiger partial charge in [-0.3, -0.25) is 0 Å². The fourth-order valence-corrected chi connectivity index (χ4v) is 2.66. The van der Waals surface area contributed by atoms with Crippen molar-refractivity contribution in [3.8, 4) is 0 Å². The number of benzene rings is 2. The second kappa shape index (κ2) is 6.40. The number of nitrogens with zero attached hydrogens (tertiary/aromatic N) is 1. The molecule has 0 bridgehead atoms. The third-order valence-corrected chi connectivity index (χ3v) is 3.65. The van der Waals surface area contributed by atoms with Gasteiger partial charge in [0.05, 0.1) is 6.21 Å². The number of hydrogen-bond acceptors (Lipinski definition) is 2. The number of rotatable bonds is 3. The molecule has 2 heteroatoms. The van der Waals surface area contributed by atoms with Gasteiger partial charge in [0.2, 0.25) is 0 Å². The van der Waals surface area contributed by atoms with Crippen molar-refractivity contribution in [3.63, 3.8) is 0 Å². The van der Waals surface area contributed by atoms with E-state index in [1.54, 1.807) is 0 Å². The first-order valence-corrected chi connectivity index (χ1v) is 7.06. The quantitative estimate of drug-likeness (QED) is 0.488. The molecule has 0 saturated carbocycles. The highest BCUT2D eigenvalue weighted by Gasteiger charge is 2.10. The van der Waals surface area contributed by atoms with E-state index in [1.807, 2.05) is 6.08 Å².